The summed E-state index contributed by atoms with van der Waals surface area (Å²) in [5, 5.41) is 9.16. The van der Waals surface area contributed by atoms with Gasteiger partial charge in [-0.15, -0.1) is 0 Å². The molecule has 0 aliphatic heterocycles. The van der Waals surface area contributed by atoms with Crippen LogP contribution in [0.4, 0.5) is 13.2 Å². The smallest absolute Gasteiger partial charge is 0.416 e. The van der Waals surface area contributed by atoms with Crippen molar-refractivity contribution < 1.29 is 18.3 Å². The lowest BCUT2D eigenvalue weighted by Gasteiger charge is -2.40. The van der Waals surface area contributed by atoms with E-state index >= 15 is 0 Å². The third-order valence-corrected chi connectivity index (χ3v) is 3.48. The third-order valence-electron chi connectivity index (χ3n) is 3.17. The summed E-state index contributed by atoms with van der Waals surface area (Å²) < 4.78 is 38.5. The van der Waals surface area contributed by atoms with Gasteiger partial charge in [-0.3, -0.25) is 0 Å². The van der Waals surface area contributed by atoms with Gasteiger partial charge in [0.25, 0.3) is 0 Å². The molecular formula is C11H11ClF3NO. The van der Waals surface area contributed by atoms with E-state index in [4.69, 9.17) is 17.3 Å². The molecule has 0 saturated heterocycles. The highest BCUT2D eigenvalue weighted by atomic mass is 35.5. The lowest BCUT2D eigenvalue weighted by Crippen LogP contribution is -2.44. The van der Waals surface area contributed by atoms with E-state index < -0.39 is 23.0 Å². The fraction of sp³-hybridized carbons (Fsp3) is 0.455. The Morgan fingerprint density at radius 3 is 2.29 bits per heavy atom. The van der Waals surface area contributed by atoms with Crippen LogP contribution in [-0.2, 0) is 11.7 Å². The van der Waals surface area contributed by atoms with Crippen molar-refractivity contribution in [2.75, 3.05) is 0 Å². The summed E-state index contributed by atoms with van der Waals surface area (Å²) in [6.45, 7) is 0. The molecule has 0 amide bonds. The number of halogens is 4. The predicted octanol–water partition coefficient (Wildman–Crippen LogP) is 3.40. The van der Waals surface area contributed by atoms with Gasteiger partial charge < -0.3 is 10.8 Å². The summed E-state index contributed by atoms with van der Waals surface area (Å²) in [5.41, 5.74) is 4.00. The van der Waals surface area contributed by atoms with Crippen molar-refractivity contribution in [3.05, 3.63) is 28.3 Å². The van der Waals surface area contributed by atoms with Crippen LogP contribution in [0.2, 0.25) is 5.02 Å². The molecule has 1 saturated carbocycles. The van der Waals surface area contributed by atoms with Crippen LogP contribution in [0.3, 0.4) is 0 Å². The van der Waals surface area contributed by atoms with Crippen molar-refractivity contribution in [2.24, 2.45) is 5.73 Å². The van der Waals surface area contributed by atoms with Gasteiger partial charge in [0.05, 0.1) is 10.6 Å². The molecule has 0 atom stereocenters. The number of benzene rings is 1. The SMILES string of the molecule is NC1(c2cc(Cl)c(O)cc2C(F)(F)F)CCC1. The highest BCUT2D eigenvalue weighted by molar-refractivity contribution is 6.32. The van der Waals surface area contributed by atoms with Crippen molar-refractivity contribution in [2.45, 2.75) is 31.0 Å². The Bertz CT molecular complexity index is 455. The Kier molecular flexibility index (Phi) is 2.78. The van der Waals surface area contributed by atoms with Gasteiger partial charge in [-0.25, -0.2) is 0 Å². The van der Waals surface area contributed by atoms with Crippen LogP contribution in [-0.4, -0.2) is 5.11 Å². The number of nitrogens with two attached hydrogens (primary N) is 1. The van der Waals surface area contributed by atoms with E-state index in [0.29, 0.717) is 18.9 Å². The number of phenols is 1. The van der Waals surface area contributed by atoms with Crippen LogP contribution >= 0.6 is 11.6 Å². The number of rotatable bonds is 1. The zero-order valence-electron chi connectivity index (χ0n) is 8.81. The maximum absolute atomic E-state index is 12.8. The van der Waals surface area contributed by atoms with Crippen LogP contribution in [0.15, 0.2) is 12.1 Å². The summed E-state index contributed by atoms with van der Waals surface area (Å²) in [6.07, 6.45) is -2.75. The zero-order chi connectivity index (χ0) is 12.8. The fourth-order valence-electron chi connectivity index (χ4n) is 2.04. The maximum atomic E-state index is 12.8. The van der Waals surface area contributed by atoms with Gasteiger partial charge in [-0.05, 0) is 37.0 Å². The highest BCUT2D eigenvalue weighted by Crippen LogP contribution is 2.47. The molecule has 0 radical (unpaired) electrons. The van der Waals surface area contributed by atoms with E-state index in [0.717, 1.165) is 12.5 Å². The number of alkyl halides is 3. The fourth-order valence-corrected chi connectivity index (χ4v) is 2.20. The Morgan fingerprint density at radius 2 is 1.88 bits per heavy atom. The molecule has 1 aliphatic rings. The molecule has 0 aromatic heterocycles. The summed E-state index contributed by atoms with van der Waals surface area (Å²) in [4.78, 5) is 0. The van der Waals surface area contributed by atoms with Crippen molar-refractivity contribution in [3.8, 4) is 5.75 Å². The van der Waals surface area contributed by atoms with E-state index in [9.17, 15) is 18.3 Å². The second kappa shape index (κ2) is 3.78. The first kappa shape index (κ1) is 12.5. The van der Waals surface area contributed by atoms with Gasteiger partial charge in [-0.1, -0.05) is 11.6 Å². The average molecular weight is 266 g/mol. The van der Waals surface area contributed by atoms with E-state index in [1.54, 1.807) is 0 Å². The molecule has 2 nitrogen and oxygen atoms in total. The van der Waals surface area contributed by atoms with Crippen LogP contribution < -0.4 is 5.73 Å². The lowest BCUT2D eigenvalue weighted by molar-refractivity contribution is -0.139. The minimum Gasteiger partial charge on any atom is -0.506 e. The second-order valence-electron chi connectivity index (χ2n) is 4.36. The van der Waals surface area contributed by atoms with Gasteiger partial charge in [0.2, 0.25) is 0 Å². The normalized spacial score (nSPS) is 18.9. The standard InChI is InChI=1S/C11H11ClF3NO/c12-8-4-6(10(16)2-1-3-10)7(5-9(8)17)11(13,14)15/h4-5,17H,1-3,16H2. The predicted molar refractivity (Wildman–Crippen MR) is 57.8 cm³/mol. The molecule has 2 rings (SSSR count). The van der Waals surface area contributed by atoms with E-state index in [1.165, 1.54) is 0 Å². The Hall–Kier alpha value is -0.940. The largest absolute Gasteiger partial charge is 0.506 e. The van der Waals surface area contributed by atoms with Crippen LogP contribution in [0.5, 0.6) is 5.75 Å². The number of hydrogen-bond acceptors (Lipinski definition) is 2. The number of hydrogen-bond donors (Lipinski definition) is 2. The van der Waals surface area contributed by atoms with Crippen LogP contribution in [0.1, 0.15) is 30.4 Å². The Morgan fingerprint density at radius 1 is 1.29 bits per heavy atom. The van der Waals surface area contributed by atoms with E-state index in [-0.39, 0.29) is 10.6 Å². The molecule has 0 bridgehead atoms. The lowest BCUT2D eigenvalue weighted by atomic mass is 9.71. The van der Waals surface area contributed by atoms with E-state index in [2.05, 4.69) is 0 Å². The monoisotopic (exact) mass is 265 g/mol. The van der Waals surface area contributed by atoms with Gasteiger partial charge in [0.15, 0.2) is 0 Å². The Labute approximate surface area is 101 Å². The molecule has 6 heteroatoms. The van der Waals surface area contributed by atoms with Crippen molar-refractivity contribution in [1.29, 1.82) is 0 Å². The molecule has 0 spiro atoms. The quantitative estimate of drug-likeness (QED) is 0.817. The first-order valence-corrected chi connectivity index (χ1v) is 5.51. The highest BCUT2D eigenvalue weighted by Gasteiger charge is 2.43. The molecule has 17 heavy (non-hydrogen) atoms. The minimum atomic E-state index is -4.54. The van der Waals surface area contributed by atoms with Gasteiger partial charge in [-0.2, -0.15) is 13.2 Å². The van der Waals surface area contributed by atoms with Crippen molar-refractivity contribution >= 4 is 11.6 Å². The molecule has 1 fully saturated rings. The molecule has 1 aliphatic carbocycles. The molecule has 0 unspecified atom stereocenters. The topological polar surface area (TPSA) is 46.2 Å². The summed E-state index contributed by atoms with van der Waals surface area (Å²) >= 11 is 5.65. The molecule has 3 N–H and O–H groups in total. The van der Waals surface area contributed by atoms with Gasteiger partial charge in [0, 0.05) is 5.54 Å². The number of phenolic OH excluding ortho intramolecular Hbond substituents is 1. The first-order valence-electron chi connectivity index (χ1n) is 5.13. The van der Waals surface area contributed by atoms with Crippen molar-refractivity contribution in [3.63, 3.8) is 0 Å². The molecular weight excluding hydrogens is 255 g/mol. The molecule has 1 aromatic carbocycles. The van der Waals surface area contributed by atoms with Crippen molar-refractivity contribution in [1.82, 2.24) is 0 Å². The molecule has 94 valence electrons. The van der Waals surface area contributed by atoms with Crippen LogP contribution in [0.25, 0.3) is 0 Å². The minimum absolute atomic E-state index is 0.0287. The molecule has 1 aromatic rings. The third kappa shape index (κ3) is 2.09. The Balaban J connectivity index is 2.60. The summed E-state index contributed by atoms with van der Waals surface area (Å²) in [7, 11) is 0. The second-order valence-corrected chi connectivity index (χ2v) is 4.76. The average Bonchev–Trinajstić information content (AvgIpc) is 2.16. The number of aromatic hydroxyl groups is 1. The van der Waals surface area contributed by atoms with E-state index in [1.807, 2.05) is 0 Å². The summed E-state index contributed by atoms with van der Waals surface area (Å²) in [5.74, 6) is -0.578. The van der Waals surface area contributed by atoms with Gasteiger partial charge in [0.1, 0.15) is 5.75 Å². The zero-order valence-corrected chi connectivity index (χ0v) is 9.57. The first-order chi connectivity index (χ1) is 7.74. The maximum Gasteiger partial charge on any atom is 0.416 e. The van der Waals surface area contributed by atoms with Gasteiger partial charge >= 0.3 is 6.18 Å². The van der Waals surface area contributed by atoms with Crippen LogP contribution in [0, 0.1) is 0 Å². The molecule has 0 heterocycles. The summed E-state index contributed by atoms with van der Waals surface area (Å²) in [6, 6.07) is 1.77.